The Morgan fingerprint density at radius 2 is 1.09 bits per heavy atom. The molecule has 0 aliphatic rings. The Morgan fingerprint density at radius 1 is 1.09 bits per heavy atom. The molecule has 0 amide bonds. The van der Waals surface area contributed by atoms with Crippen molar-refractivity contribution < 1.29 is 26.6 Å². The molecule has 11 heavy (non-hydrogen) atoms. The van der Waals surface area contributed by atoms with Crippen molar-refractivity contribution >= 4 is 78.2 Å². The van der Waals surface area contributed by atoms with Crippen molar-refractivity contribution in [3.05, 3.63) is 0 Å². The van der Waals surface area contributed by atoms with Gasteiger partial charge in [-0.05, 0) is 11.2 Å². The second kappa shape index (κ2) is 7.26. The molecule has 0 atom stereocenters. The van der Waals surface area contributed by atoms with Crippen LogP contribution in [0.25, 0.3) is 0 Å². The fraction of sp³-hybridized carbons (Fsp3) is 0. The zero-order chi connectivity index (χ0) is 9.00. The fourth-order valence-electron chi connectivity index (χ4n) is 0. The summed E-state index contributed by atoms with van der Waals surface area (Å²) in [4.78, 5) is 0. The van der Waals surface area contributed by atoms with Gasteiger partial charge < -0.3 is 9.11 Å². The maximum absolute atomic E-state index is 9.11. The minimum Gasteiger partial charge on any atom is -0.780 e. The van der Waals surface area contributed by atoms with E-state index in [0.29, 0.717) is 0 Å². The number of rotatable bonds is 0. The first kappa shape index (κ1) is 18.6. The predicted molar refractivity (Wildman–Crippen MR) is 43.6 cm³/mol. The molecule has 0 radical (unpaired) electrons. The van der Waals surface area contributed by atoms with E-state index < -0.39 is 18.1 Å². The molecule has 0 aromatic heterocycles. The quantitative estimate of drug-likeness (QED) is 0.497. The molecule has 0 rings (SSSR count). The molecule has 0 bridgehead atoms. The van der Waals surface area contributed by atoms with Crippen LogP contribution in [0.4, 0.5) is 0 Å². The van der Waals surface area contributed by atoms with Crippen LogP contribution in [-0.4, -0.2) is 64.4 Å². The van der Waals surface area contributed by atoms with Crippen molar-refractivity contribution in [2.45, 2.75) is 0 Å². The Hall–Kier alpha value is 1.84. The summed E-state index contributed by atoms with van der Waals surface area (Å²) in [6.45, 7) is 0. The van der Waals surface area contributed by atoms with Gasteiger partial charge in [-0.2, -0.15) is 4.21 Å². The van der Waals surface area contributed by atoms with E-state index in [1.54, 1.807) is 0 Å². The van der Waals surface area contributed by atoms with Gasteiger partial charge in [0, 0.05) is 11.2 Å². The summed E-state index contributed by atoms with van der Waals surface area (Å²) in [5.74, 6) is 0. The van der Waals surface area contributed by atoms with Crippen LogP contribution in [0.3, 0.4) is 0 Å². The van der Waals surface area contributed by atoms with Gasteiger partial charge in [0.15, 0.2) is 0 Å². The molecule has 0 fully saturated rings. The van der Waals surface area contributed by atoms with Crippen LogP contribution in [0.15, 0.2) is 0 Å². The molecular formula is H2CaO6S4. The summed E-state index contributed by atoms with van der Waals surface area (Å²) < 4.78 is 50.6. The molecule has 0 saturated heterocycles. The molecule has 0 aliphatic carbocycles. The minimum absolute atomic E-state index is 0. The molecule has 0 unspecified atom stereocenters. The maximum atomic E-state index is 9.11. The maximum Gasteiger partial charge on any atom is 2.00 e. The smallest absolute Gasteiger partial charge is 0.780 e. The molecule has 11 heteroatoms. The Bertz CT molecular complexity index is 211. The first-order chi connectivity index (χ1) is 4.00. The molecule has 2 N–H and O–H groups in total. The average molecular weight is 266 g/mol. The van der Waals surface area contributed by atoms with Crippen molar-refractivity contribution in [3.8, 4) is 0 Å². The Labute approximate surface area is 103 Å². The summed E-state index contributed by atoms with van der Waals surface area (Å²) in [6.07, 6.45) is 0. The molecule has 0 saturated carbocycles. The summed E-state index contributed by atoms with van der Waals surface area (Å²) in [5.41, 5.74) is 0. The first-order valence-electron chi connectivity index (χ1n) is 1.37. The van der Waals surface area contributed by atoms with Gasteiger partial charge in [0.25, 0.3) is 9.05 Å². The van der Waals surface area contributed by atoms with Gasteiger partial charge in [0.1, 0.15) is 0 Å². The van der Waals surface area contributed by atoms with Crippen molar-refractivity contribution in [3.63, 3.8) is 0 Å². The SMILES string of the molecule is O=S(O)(O)=S.O=S([O-])([O-])=S.[Ca+2]. The van der Waals surface area contributed by atoms with Crippen LogP contribution < -0.4 is 0 Å². The summed E-state index contributed by atoms with van der Waals surface area (Å²) >= 11 is 6.71. The third-order valence-electron chi connectivity index (χ3n) is 0. The van der Waals surface area contributed by atoms with Gasteiger partial charge in [-0.25, -0.2) is 0 Å². The number of hydrogen-bond donors (Lipinski definition) is 2. The van der Waals surface area contributed by atoms with Crippen LogP contribution in [0.1, 0.15) is 0 Å². The van der Waals surface area contributed by atoms with Gasteiger partial charge >= 0.3 is 37.7 Å². The first-order valence-corrected chi connectivity index (χ1v) is 6.10. The van der Waals surface area contributed by atoms with Gasteiger partial charge in [-0.3, -0.25) is 13.3 Å². The van der Waals surface area contributed by atoms with E-state index in [1.165, 1.54) is 0 Å². The molecule has 0 aliphatic heterocycles. The third kappa shape index (κ3) is 339. The Balaban J connectivity index is -0.000000107. The standard InChI is InChI=1S/Ca.2H2O3S2/c;2*1-5(2,3)4/h;2*(H2,1,2,3,4)/q+2;;/p-2. The van der Waals surface area contributed by atoms with Crippen LogP contribution >= 0.6 is 0 Å². The van der Waals surface area contributed by atoms with Crippen LogP contribution in [0.5, 0.6) is 0 Å². The van der Waals surface area contributed by atoms with Crippen LogP contribution in [0, 0.1) is 0 Å². The van der Waals surface area contributed by atoms with Crippen molar-refractivity contribution in [2.24, 2.45) is 0 Å². The molecule has 0 spiro atoms. The van der Waals surface area contributed by atoms with Crippen LogP contribution in [-0.2, 0) is 40.5 Å². The fourth-order valence-corrected chi connectivity index (χ4v) is 0. The summed E-state index contributed by atoms with van der Waals surface area (Å²) in [7, 11) is -8.17. The van der Waals surface area contributed by atoms with Crippen molar-refractivity contribution in [1.29, 1.82) is 0 Å². The van der Waals surface area contributed by atoms with Crippen molar-refractivity contribution in [2.75, 3.05) is 0 Å². The number of hydrogen-bond acceptors (Lipinski definition) is 6. The second-order valence-electron chi connectivity index (χ2n) is 0.856. The van der Waals surface area contributed by atoms with E-state index >= 15 is 0 Å². The van der Waals surface area contributed by atoms with E-state index in [-0.39, 0.29) is 37.7 Å². The zero-order valence-electron chi connectivity index (χ0n) is 4.87. The van der Waals surface area contributed by atoms with E-state index in [2.05, 4.69) is 22.4 Å². The monoisotopic (exact) mass is 266 g/mol. The van der Waals surface area contributed by atoms with Gasteiger partial charge in [-0.1, -0.05) is 0 Å². The molecular weight excluding hydrogens is 264 g/mol. The van der Waals surface area contributed by atoms with Gasteiger partial charge in [0.2, 0.25) is 0 Å². The van der Waals surface area contributed by atoms with Gasteiger partial charge in [-0.15, -0.1) is 9.05 Å². The predicted octanol–water partition coefficient (Wildman–Crippen LogP) is -1.71. The minimum atomic E-state index is -4.33. The topological polar surface area (TPSA) is 121 Å². The molecule has 0 aromatic carbocycles. The van der Waals surface area contributed by atoms with E-state index in [0.717, 1.165) is 0 Å². The third-order valence-corrected chi connectivity index (χ3v) is 0. The van der Waals surface area contributed by atoms with E-state index in [4.69, 9.17) is 26.6 Å². The van der Waals surface area contributed by atoms with E-state index in [9.17, 15) is 0 Å². The van der Waals surface area contributed by atoms with Crippen LogP contribution in [0.2, 0.25) is 0 Å². The summed E-state index contributed by atoms with van der Waals surface area (Å²) in [6, 6.07) is 0. The Kier molecular flexibility index (Phi) is 12.3. The average Bonchev–Trinajstić information content (AvgIpc) is 1.12. The second-order valence-corrected chi connectivity index (χ2v) is 5.10. The Morgan fingerprint density at radius 3 is 1.09 bits per heavy atom. The zero-order valence-corrected chi connectivity index (χ0v) is 10.3. The normalized spacial score (nSPS) is 10.5. The molecule has 0 heterocycles. The molecule has 0 aromatic rings. The molecule has 6 nitrogen and oxygen atoms in total. The largest absolute Gasteiger partial charge is 2.00 e. The van der Waals surface area contributed by atoms with Gasteiger partial charge in [0.05, 0.1) is 0 Å². The molecule has 64 valence electrons. The van der Waals surface area contributed by atoms with E-state index in [1.807, 2.05) is 0 Å². The van der Waals surface area contributed by atoms with Crippen molar-refractivity contribution in [1.82, 2.24) is 0 Å². The summed E-state index contributed by atoms with van der Waals surface area (Å²) in [5, 5.41) is 0.